The Morgan fingerprint density at radius 3 is 2.62 bits per heavy atom. The molecule has 0 aliphatic carbocycles. The molecule has 0 saturated carbocycles. The van der Waals surface area contributed by atoms with Gasteiger partial charge in [-0.25, -0.2) is 0 Å². The summed E-state index contributed by atoms with van der Waals surface area (Å²) in [4.78, 5) is 2.31. The minimum atomic E-state index is 0.629. The fourth-order valence-electron chi connectivity index (χ4n) is 1.24. The van der Waals surface area contributed by atoms with Crippen LogP contribution in [0.2, 0.25) is 0 Å². The maximum Gasteiger partial charge on any atom is 0.0635 e. The van der Waals surface area contributed by atoms with Gasteiger partial charge in [-0.15, -0.1) is 0 Å². The zero-order chi connectivity index (χ0) is 10.1. The van der Waals surface area contributed by atoms with E-state index in [1.807, 2.05) is 6.92 Å². The number of rotatable bonds is 6. The molecule has 0 unspecified atom stereocenters. The van der Waals surface area contributed by atoms with Crippen molar-refractivity contribution in [2.75, 3.05) is 19.6 Å². The van der Waals surface area contributed by atoms with Crippen LogP contribution in [-0.2, 0) is 0 Å². The molecule has 0 aliphatic heterocycles. The fourth-order valence-corrected chi connectivity index (χ4v) is 1.24. The lowest BCUT2D eigenvalue weighted by molar-refractivity contribution is 0.274. The molecule has 0 aliphatic rings. The van der Waals surface area contributed by atoms with Crippen LogP contribution in [0.25, 0.3) is 0 Å². The van der Waals surface area contributed by atoms with Gasteiger partial charge in [0.25, 0.3) is 0 Å². The van der Waals surface area contributed by atoms with Crippen molar-refractivity contribution in [3.8, 4) is 6.07 Å². The van der Waals surface area contributed by atoms with Crippen LogP contribution in [0.15, 0.2) is 12.2 Å². The summed E-state index contributed by atoms with van der Waals surface area (Å²) in [5.74, 6) is 0.670. The Bertz CT molecular complexity index is 177. The molecule has 13 heavy (non-hydrogen) atoms. The van der Waals surface area contributed by atoms with Crippen LogP contribution < -0.4 is 0 Å². The highest BCUT2D eigenvalue weighted by Crippen LogP contribution is 1.99. The van der Waals surface area contributed by atoms with E-state index in [9.17, 15) is 0 Å². The third kappa shape index (κ3) is 7.55. The van der Waals surface area contributed by atoms with Gasteiger partial charge in [0.2, 0.25) is 0 Å². The van der Waals surface area contributed by atoms with Gasteiger partial charge in [0.05, 0.1) is 6.07 Å². The normalized spacial score (nSPS) is 11.4. The Morgan fingerprint density at radius 2 is 2.15 bits per heavy atom. The predicted octanol–water partition coefficient (Wildman–Crippen LogP) is 2.43. The van der Waals surface area contributed by atoms with E-state index < -0.39 is 0 Å². The number of nitriles is 1. The second-order valence-electron chi connectivity index (χ2n) is 3.63. The lowest BCUT2D eigenvalue weighted by atomic mass is 10.2. The molecule has 0 bridgehead atoms. The van der Waals surface area contributed by atoms with Gasteiger partial charge in [-0.1, -0.05) is 26.0 Å². The van der Waals surface area contributed by atoms with Crippen LogP contribution in [0.4, 0.5) is 0 Å². The highest BCUT2D eigenvalue weighted by atomic mass is 15.1. The number of hydrogen-bond acceptors (Lipinski definition) is 2. The van der Waals surface area contributed by atoms with Crippen LogP contribution in [0.5, 0.6) is 0 Å². The van der Waals surface area contributed by atoms with Crippen molar-refractivity contribution in [3.05, 3.63) is 12.2 Å². The Hall–Kier alpha value is -0.810. The van der Waals surface area contributed by atoms with Gasteiger partial charge < -0.3 is 0 Å². The maximum absolute atomic E-state index is 8.48. The van der Waals surface area contributed by atoms with Crippen molar-refractivity contribution in [1.82, 2.24) is 4.90 Å². The Morgan fingerprint density at radius 1 is 1.46 bits per heavy atom. The van der Waals surface area contributed by atoms with Gasteiger partial charge >= 0.3 is 0 Å². The second-order valence-corrected chi connectivity index (χ2v) is 3.63. The smallest absolute Gasteiger partial charge is 0.0635 e. The van der Waals surface area contributed by atoms with Crippen molar-refractivity contribution in [2.24, 2.45) is 5.92 Å². The molecule has 0 radical (unpaired) electrons. The molecule has 0 saturated heterocycles. The molecule has 0 amide bonds. The molecule has 2 heteroatoms. The van der Waals surface area contributed by atoms with Gasteiger partial charge in [0.1, 0.15) is 0 Å². The lowest BCUT2D eigenvalue weighted by Gasteiger charge is -2.21. The first kappa shape index (κ1) is 12.2. The Labute approximate surface area is 81.9 Å². The third-order valence-corrected chi connectivity index (χ3v) is 1.76. The van der Waals surface area contributed by atoms with Gasteiger partial charge in [0, 0.05) is 26.1 Å². The average Bonchev–Trinajstić information content (AvgIpc) is 2.09. The van der Waals surface area contributed by atoms with Crippen LogP contribution in [0, 0.1) is 17.2 Å². The first-order valence-corrected chi connectivity index (χ1v) is 4.91. The molecule has 0 spiro atoms. The lowest BCUT2D eigenvalue weighted by Crippen LogP contribution is -2.28. The standard InChI is InChI=1S/C11H20N2/c1-4-5-8-13(9-6-7-12)10-11(2)3/h4-5,11H,6,8-10H2,1-3H3. The van der Waals surface area contributed by atoms with E-state index >= 15 is 0 Å². The highest BCUT2D eigenvalue weighted by Gasteiger charge is 2.04. The highest BCUT2D eigenvalue weighted by molar-refractivity contribution is 4.83. The summed E-state index contributed by atoms with van der Waals surface area (Å²) < 4.78 is 0. The summed E-state index contributed by atoms with van der Waals surface area (Å²) in [6, 6.07) is 2.18. The summed E-state index contributed by atoms with van der Waals surface area (Å²) in [6.45, 7) is 9.36. The number of nitrogens with zero attached hydrogens (tertiary/aromatic N) is 2. The van der Waals surface area contributed by atoms with Crippen molar-refractivity contribution < 1.29 is 0 Å². The van der Waals surface area contributed by atoms with Crippen molar-refractivity contribution >= 4 is 0 Å². The fraction of sp³-hybridized carbons (Fsp3) is 0.727. The van der Waals surface area contributed by atoms with E-state index in [2.05, 4.69) is 37.0 Å². The topological polar surface area (TPSA) is 27.0 Å². The van der Waals surface area contributed by atoms with Gasteiger partial charge in [-0.05, 0) is 12.8 Å². The summed E-state index contributed by atoms with van der Waals surface area (Å²) in [5, 5.41) is 8.48. The quantitative estimate of drug-likeness (QED) is 0.587. The Kier molecular flexibility index (Phi) is 7.33. The molecule has 74 valence electrons. The predicted molar refractivity (Wildman–Crippen MR) is 56.3 cm³/mol. The van der Waals surface area contributed by atoms with E-state index in [1.165, 1.54) is 0 Å². The van der Waals surface area contributed by atoms with E-state index in [0.29, 0.717) is 12.3 Å². The van der Waals surface area contributed by atoms with Crippen LogP contribution in [-0.4, -0.2) is 24.5 Å². The molecule has 0 atom stereocenters. The molecule has 2 nitrogen and oxygen atoms in total. The molecule has 0 fully saturated rings. The van der Waals surface area contributed by atoms with E-state index in [4.69, 9.17) is 5.26 Å². The van der Waals surface area contributed by atoms with Gasteiger partial charge in [0.15, 0.2) is 0 Å². The SMILES string of the molecule is CC=CCN(CCC#N)CC(C)C. The second kappa shape index (κ2) is 7.82. The zero-order valence-corrected chi connectivity index (χ0v) is 8.95. The minimum absolute atomic E-state index is 0.629. The van der Waals surface area contributed by atoms with Gasteiger partial charge in [-0.2, -0.15) is 5.26 Å². The summed E-state index contributed by atoms with van der Waals surface area (Å²) in [6.07, 6.45) is 4.82. The molecule has 0 aromatic carbocycles. The van der Waals surface area contributed by atoms with Crippen molar-refractivity contribution in [3.63, 3.8) is 0 Å². The van der Waals surface area contributed by atoms with Crippen LogP contribution in [0.3, 0.4) is 0 Å². The molecular formula is C11H20N2. The molecular weight excluding hydrogens is 160 g/mol. The first-order valence-electron chi connectivity index (χ1n) is 4.91. The molecule has 0 aromatic heterocycles. The van der Waals surface area contributed by atoms with Gasteiger partial charge in [-0.3, -0.25) is 4.90 Å². The summed E-state index contributed by atoms with van der Waals surface area (Å²) >= 11 is 0. The number of hydrogen-bond donors (Lipinski definition) is 0. The minimum Gasteiger partial charge on any atom is -0.298 e. The van der Waals surface area contributed by atoms with Crippen molar-refractivity contribution in [2.45, 2.75) is 27.2 Å². The molecule has 0 aromatic rings. The third-order valence-electron chi connectivity index (χ3n) is 1.76. The maximum atomic E-state index is 8.48. The monoisotopic (exact) mass is 180 g/mol. The average molecular weight is 180 g/mol. The molecule has 0 heterocycles. The summed E-state index contributed by atoms with van der Waals surface area (Å²) in [7, 11) is 0. The summed E-state index contributed by atoms with van der Waals surface area (Å²) in [5.41, 5.74) is 0. The van der Waals surface area contributed by atoms with Crippen molar-refractivity contribution in [1.29, 1.82) is 5.26 Å². The Balaban J connectivity index is 3.81. The molecule has 0 rings (SSSR count). The van der Waals surface area contributed by atoms with E-state index in [0.717, 1.165) is 19.6 Å². The first-order chi connectivity index (χ1) is 6.20. The van der Waals surface area contributed by atoms with Crippen LogP contribution >= 0.6 is 0 Å². The van der Waals surface area contributed by atoms with E-state index in [-0.39, 0.29) is 0 Å². The molecule has 0 N–H and O–H groups in total. The largest absolute Gasteiger partial charge is 0.298 e. The van der Waals surface area contributed by atoms with Crippen LogP contribution in [0.1, 0.15) is 27.2 Å². The van der Waals surface area contributed by atoms with E-state index in [1.54, 1.807) is 0 Å². The zero-order valence-electron chi connectivity index (χ0n) is 8.95. The number of allylic oxidation sites excluding steroid dienone is 1.